The predicted molar refractivity (Wildman–Crippen MR) is 62.8 cm³/mol. The normalized spacial score (nSPS) is 17.4. The second-order valence-corrected chi connectivity index (χ2v) is 5.12. The number of hydrogen-bond acceptors (Lipinski definition) is 5. The Morgan fingerprint density at radius 3 is 2.68 bits per heavy atom. The van der Waals surface area contributed by atoms with Gasteiger partial charge in [-0.1, -0.05) is 6.42 Å². The minimum Gasteiger partial charge on any atom is -0.445 e. The van der Waals surface area contributed by atoms with Crippen molar-refractivity contribution >= 4 is 17.3 Å². The first-order chi connectivity index (χ1) is 8.98. The van der Waals surface area contributed by atoms with Crippen molar-refractivity contribution in [3.05, 3.63) is 16.1 Å². The Kier molecular flexibility index (Phi) is 4.41. The first-order valence-corrected chi connectivity index (χ1v) is 6.76. The third kappa shape index (κ3) is 3.66. The van der Waals surface area contributed by atoms with Gasteiger partial charge in [-0.2, -0.15) is 13.2 Å². The zero-order chi connectivity index (χ0) is 13.9. The maximum absolute atomic E-state index is 12.6. The number of thiazole rings is 1. The molecule has 1 aromatic heterocycles. The number of ether oxygens (including phenoxy) is 1. The van der Waals surface area contributed by atoms with Crippen LogP contribution in [0.25, 0.3) is 0 Å². The molecule has 0 bridgehead atoms. The van der Waals surface area contributed by atoms with Crippen LogP contribution in [0.5, 0.6) is 0 Å². The van der Waals surface area contributed by atoms with Gasteiger partial charge in [0.25, 0.3) is 0 Å². The summed E-state index contributed by atoms with van der Waals surface area (Å²) in [7, 11) is 0. The highest BCUT2D eigenvalue weighted by atomic mass is 32.1. The fourth-order valence-corrected chi connectivity index (χ4v) is 2.60. The van der Waals surface area contributed by atoms with Crippen LogP contribution in [0.3, 0.4) is 0 Å². The van der Waals surface area contributed by atoms with Gasteiger partial charge in [-0.05, 0) is 12.8 Å². The predicted octanol–water partition coefficient (Wildman–Crippen LogP) is 2.76. The molecule has 0 unspecified atom stereocenters. The van der Waals surface area contributed by atoms with Gasteiger partial charge < -0.3 is 4.74 Å². The van der Waals surface area contributed by atoms with Crippen molar-refractivity contribution in [1.82, 2.24) is 9.88 Å². The molecular formula is C11H13F3N2O2S. The van der Waals surface area contributed by atoms with Crippen LogP contribution in [0, 0.1) is 0 Å². The fraction of sp³-hybridized carbons (Fsp3) is 0.636. The van der Waals surface area contributed by atoms with Crippen LogP contribution in [0.2, 0.25) is 0 Å². The molecule has 8 heteroatoms. The van der Waals surface area contributed by atoms with Crippen LogP contribution in [0.4, 0.5) is 13.2 Å². The van der Waals surface area contributed by atoms with Gasteiger partial charge in [0.05, 0.1) is 5.51 Å². The highest BCUT2D eigenvalue weighted by Crippen LogP contribution is 2.32. The first-order valence-electron chi connectivity index (χ1n) is 5.88. The third-order valence-electron chi connectivity index (χ3n) is 2.85. The van der Waals surface area contributed by atoms with Crippen molar-refractivity contribution in [2.75, 3.05) is 19.8 Å². The summed E-state index contributed by atoms with van der Waals surface area (Å²) in [5.41, 5.74) is -0.165. The van der Waals surface area contributed by atoms with Crippen molar-refractivity contribution in [2.45, 2.75) is 25.4 Å². The highest BCUT2D eigenvalue weighted by molar-refractivity contribution is 7.11. The number of esters is 1. The smallest absolute Gasteiger partial charge is 0.435 e. The van der Waals surface area contributed by atoms with Gasteiger partial charge in [0.2, 0.25) is 0 Å². The topological polar surface area (TPSA) is 42.4 Å². The lowest BCUT2D eigenvalue weighted by molar-refractivity contribution is -0.141. The zero-order valence-corrected chi connectivity index (χ0v) is 10.9. The van der Waals surface area contributed by atoms with Crippen LogP contribution in [-0.2, 0) is 10.9 Å². The molecule has 0 saturated carbocycles. The van der Waals surface area contributed by atoms with E-state index in [9.17, 15) is 18.0 Å². The minimum absolute atomic E-state index is 0.0357. The van der Waals surface area contributed by atoms with Crippen LogP contribution in [-0.4, -0.2) is 35.7 Å². The minimum atomic E-state index is -4.63. The Morgan fingerprint density at radius 2 is 2.05 bits per heavy atom. The third-order valence-corrected chi connectivity index (χ3v) is 3.65. The Bertz CT molecular complexity index is 441. The van der Waals surface area contributed by atoms with E-state index in [0.717, 1.165) is 37.9 Å². The molecule has 106 valence electrons. The molecule has 19 heavy (non-hydrogen) atoms. The molecule has 2 heterocycles. The van der Waals surface area contributed by atoms with Gasteiger partial charge in [0.1, 0.15) is 11.6 Å². The Balaban J connectivity index is 1.94. The van der Waals surface area contributed by atoms with Crippen LogP contribution < -0.4 is 0 Å². The quantitative estimate of drug-likeness (QED) is 0.804. The number of hydrogen-bond donors (Lipinski definition) is 0. The summed E-state index contributed by atoms with van der Waals surface area (Å²) in [5.74, 6) is -0.958. The molecule has 4 nitrogen and oxygen atoms in total. The number of rotatable bonds is 3. The van der Waals surface area contributed by atoms with Gasteiger partial charge in [-0.25, -0.2) is 9.78 Å². The van der Waals surface area contributed by atoms with Crippen LogP contribution in [0.15, 0.2) is 5.51 Å². The van der Waals surface area contributed by atoms with E-state index in [-0.39, 0.29) is 6.73 Å². The Hall–Kier alpha value is -1.15. The fourth-order valence-electron chi connectivity index (χ4n) is 1.90. The molecule has 0 aliphatic carbocycles. The lowest BCUT2D eigenvalue weighted by Gasteiger charge is -2.25. The average molecular weight is 294 g/mol. The van der Waals surface area contributed by atoms with Gasteiger partial charge in [-0.3, -0.25) is 4.90 Å². The second kappa shape index (κ2) is 5.87. The second-order valence-electron chi connectivity index (χ2n) is 4.27. The van der Waals surface area contributed by atoms with Crippen molar-refractivity contribution in [3.8, 4) is 0 Å². The Labute approximate surface area is 112 Å². The lowest BCUT2D eigenvalue weighted by Crippen LogP contribution is -2.33. The number of piperidine rings is 1. The summed E-state index contributed by atoms with van der Waals surface area (Å²) in [6.45, 7) is 1.65. The molecule has 1 aliphatic heterocycles. The van der Waals surface area contributed by atoms with E-state index in [1.54, 1.807) is 0 Å². The van der Waals surface area contributed by atoms with E-state index in [1.165, 1.54) is 0 Å². The standard InChI is InChI=1S/C11H13F3N2O2S/c12-11(13,14)9-8(19-6-15-9)10(17)18-7-16-4-2-1-3-5-16/h6H,1-5,7H2. The average Bonchev–Trinajstić information content (AvgIpc) is 2.86. The van der Waals surface area contributed by atoms with Crippen LogP contribution in [0.1, 0.15) is 34.6 Å². The summed E-state index contributed by atoms with van der Waals surface area (Å²) in [6, 6.07) is 0. The van der Waals surface area contributed by atoms with Crippen molar-refractivity contribution < 1.29 is 22.7 Å². The van der Waals surface area contributed by atoms with E-state index in [0.29, 0.717) is 11.3 Å². The summed E-state index contributed by atoms with van der Waals surface area (Å²) in [4.78, 5) is 16.3. The van der Waals surface area contributed by atoms with Gasteiger partial charge in [0, 0.05) is 13.1 Å². The van der Waals surface area contributed by atoms with Gasteiger partial charge in [0.15, 0.2) is 5.69 Å². The molecule has 1 aliphatic rings. The molecule has 1 saturated heterocycles. The number of halogens is 3. The summed E-state index contributed by atoms with van der Waals surface area (Å²) >= 11 is 0.647. The van der Waals surface area contributed by atoms with Crippen molar-refractivity contribution in [3.63, 3.8) is 0 Å². The van der Waals surface area contributed by atoms with Gasteiger partial charge in [-0.15, -0.1) is 11.3 Å². The molecule has 0 amide bonds. The molecule has 1 fully saturated rings. The monoisotopic (exact) mass is 294 g/mol. The molecule has 0 N–H and O–H groups in total. The van der Waals surface area contributed by atoms with E-state index in [2.05, 4.69) is 4.98 Å². The SMILES string of the molecule is O=C(OCN1CCCCC1)c1scnc1C(F)(F)F. The summed E-state index contributed by atoms with van der Waals surface area (Å²) in [5, 5.41) is 0. The summed E-state index contributed by atoms with van der Waals surface area (Å²) < 4.78 is 42.6. The van der Waals surface area contributed by atoms with E-state index < -0.39 is 22.7 Å². The zero-order valence-electron chi connectivity index (χ0n) is 10.1. The molecular weight excluding hydrogens is 281 g/mol. The number of carbonyl (C=O) groups is 1. The maximum atomic E-state index is 12.6. The number of nitrogens with zero attached hydrogens (tertiary/aromatic N) is 2. The molecule has 0 aromatic carbocycles. The lowest BCUT2D eigenvalue weighted by atomic mass is 10.1. The van der Waals surface area contributed by atoms with Crippen molar-refractivity contribution in [1.29, 1.82) is 0 Å². The number of carbonyl (C=O) groups excluding carboxylic acids is 1. The molecule has 0 radical (unpaired) electrons. The number of alkyl halides is 3. The van der Waals surface area contributed by atoms with E-state index >= 15 is 0 Å². The van der Waals surface area contributed by atoms with E-state index in [4.69, 9.17) is 4.74 Å². The molecule has 0 atom stereocenters. The molecule has 2 rings (SSSR count). The van der Waals surface area contributed by atoms with Gasteiger partial charge >= 0.3 is 12.1 Å². The number of aromatic nitrogens is 1. The maximum Gasteiger partial charge on any atom is 0.435 e. The van der Waals surface area contributed by atoms with Crippen molar-refractivity contribution in [2.24, 2.45) is 0 Å². The highest BCUT2D eigenvalue weighted by Gasteiger charge is 2.39. The Morgan fingerprint density at radius 1 is 1.37 bits per heavy atom. The van der Waals surface area contributed by atoms with E-state index in [1.807, 2.05) is 4.90 Å². The molecule has 1 aromatic rings. The molecule has 0 spiro atoms. The number of likely N-dealkylation sites (tertiary alicyclic amines) is 1. The first kappa shape index (κ1) is 14.3. The summed E-state index contributed by atoms with van der Waals surface area (Å²) in [6.07, 6.45) is -1.45. The largest absolute Gasteiger partial charge is 0.445 e. The van der Waals surface area contributed by atoms with Crippen LogP contribution >= 0.6 is 11.3 Å².